The molecule has 15 heavy (non-hydrogen) atoms. The van der Waals surface area contributed by atoms with Gasteiger partial charge in [-0.15, -0.1) is 0 Å². The third-order valence-electron chi connectivity index (χ3n) is 4.09. The van der Waals surface area contributed by atoms with Gasteiger partial charge in [-0.3, -0.25) is 0 Å². The molecule has 0 spiro atoms. The van der Waals surface area contributed by atoms with E-state index < -0.39 is 8.07 Å². The molecule has 0 fully saturated rings. The lowest BCUT2D eigenvalue weighted by Crippen LogP contribution is -2.28. The highest BCUT2D eigenvalue weighted by Crippen LogP contribution is 2.24. The molecule has 0 atom stereocenters. The van der Waals surface area contributed by atoms with Gasteiger partial charge in [0.1, 0.15) is 0 Å². The first kappa shape index (κ1) is 12.8. The standard InChI is InChI=1S/C14H26Si/c1-4-15(5-2,6-3)13-12-14-10-8-7-9-11-14/h10,12-13H,4-9,11H2,1-3H3. The molecule has 0 radical (unpaired) electrons. The van der Waals surface area contributed by atoms with Gasteiger partial charge < -0.3 is 0 Å². The molecule has 0 aliphatic heterocycles. The van der Waals surface area contributed by atoms with Gasteiger partial charge in [0.2, 0.25) is 0 Å². The molecule has 0 saturated heterocycles. The van der Waals surface area contributed by atoms with Crippen molar-refractivity contribution < 1.29 is 0 Å². The molecule has 0 aromatic heterocycles. The zero-order valence-electron chi connectivity index (χ0n) is 10.7. The Labute approximate surface area is 96.5 Å². The highest BCUT2D eigenvalue weighted by atomic mass is 28.3. The summed E-state index contributed by atoms with van der Waals surface area (Å²) in [6.07, 6.45) is 10.3. The van der Waals surface area contributed by atoms with E-state index in [1.807, 2.05) is 0 Å². The van der Waals surface area contributed by atoms with Gasteiger partial charge in [0.15, 0.2) is 0 Å². The molecule has 0 nitrogen and oxygen atoms in total. The largest absolute Gasteiger partial charge is 0.0940 e. The molecule has 0 aromatic carbocycles. The van der Waals surface area contributed by atoms with Crippen LogP contribution in [0, 0.1) is 0 Å². The van der Waals surface area contributed by atoms with Gasteiger partial charge in [-0.2, -0.15) is 0 Å². The van der Waals surface area contributed by atoms with Crippen LogP contribution < -0.4 is 0 Å². The maximum atomic E-state index is 2.62. The van der Waals surface area contributed by atoms with E-state index in [-0.39, 0.29) is 0 Å². The molecule has 0 aromatic rings. The monoisotopic (exact) mass is 222 g/mol. The van der Waals surface area contributed by atoms with E-state index >= 15 is 0 Å². The predicted molar refractivity (Wildman–Crippen MR) is 72.9 cm³/mol. The van der Waals surface area contributed by atoms with Gasteiger partial charge in [0.05, 0.1) is 8.07 Å². The topological polar surface area (TPSA) is 0 Å². The van der Waals surface area contributed by atoms with Crippen molar-refractivity contribution in [2.75, 3.05) is 0 Å². The van der Waals surface area contributed by atoms with Crippen molar-refractivity contribution in [3.05, 3.63) is 23.4 Å². The van der Waals surface area contributed by atoms with E-state index in [1.165, 1.54) is 43.8 Å². The minimum Gasteiger partial charge on any atom is -0.0940 e. The second kappa shape index (κ2) is 6.32. The molecule has 0 unspecified atom stereocenters. The Morgan fingerprint density at radius 2 is 1.80 bits per heavy atom. The average molecular weight is 222 g/mol. The second-order valence-corrected chi connectivity index (χ2v) is 9.96. The van der Waals surface area contributed by atoms with E-state index in [1.54, 1.807) is 5.57 Å². The van der Waals surface area contributed by atoms with Crippen LogP contribution in [-0.2, 0) is 0 Å². The fourth-order valence-corrected chi connectivity index (χ4v) is 5.18. The smallest absolute Gasteiger partial charge is 0.0770 e. The van der Waals surface area contributed by atoms with Gasteiger partial charge in [0.25, 0.3) is 0 Å². The maximum absolute atomic E-state index is 2.62. The van der Waals surface area contributed by atoms with Crippen LogP contribution in [0.25, 0.3) is 0 Å². The molecule has 1 aliphatic rings. The van der Waals surface area contributed by atoms with E-state index in [2.05, 4.69) is 38.6 Å². The van der Waals surface area contributed by atoms with E-state index in [9.17, 15) is 0 Å². The van der Waals surface area contributed by atoms with Crippen LogP contribution >= 0.6 is 0 Å². The SMILES string of the molecule is CC[Si](C=CC1=CCCCC1)(CC)CC. The van der Waals surface area contributed by atoms with E-state index in [4.69, 9.17) is 0 Å². The fourth-order valence-electron chi connectivity index (χ4n) is 2.40. The van der Waals surface area contributed by atoms with Crippen LogP contribution in [0.5, 0.6) is 0 Å². The maximum Gasteiger partial charge on any atom is 0.0770 e. The summed E-state index contributed by atoms with van der Waals surface area (Å²) >= 11 is 0. The molecule has 1 rings (SSSR count). The molecule has 0 N–H and O–H groups in total. The van der Waals surface area contributed by atoms with Crippen LogP contribution in [0.4, 0.5) is 0 Å². The van der Waals surface area contributed by atoms with Gasteiger partial charge in [0, 0.05) is 0 Å². The van der Waals surface area contributed by atoms with Crippen molar-refractivity contribution in [3.63, 3.8) is 0 Å². The Hall–Kier alpha value is -0.303. The summed E-state index contributed by atoms with van der Waals surface area (Å²) in [5.74, 6) is 0. The summed E-state index contributed by atoms with van der Waals surface area (Å²) in [5.41, 5.74) is 4.22. The lowest BCUT2D eigenvalue weighted by molar-refractivity contribution is 0.712. The molecule has 86 valence electrons. The highest BCUT2D eigenvalue weighted by molar-refractivity contribution is 6.84. The third-order valence-corrected chi connectivity index (χ3v) is 9.19. The molecule has 0 bridgehead atoms. The van der Waals surface area contributed by atoms with Crippen molar-refractivity contribution in [1.82, 2.24) is 0 Å². The van der Waals surface area contributed by atoms with Crippen LogP contribution in [-0.4, -0.2) is 8.07 Å². The Morgan fingerprint density at radius 3 is 2.27 bits per heavy atom. The highest BCUT2D eigenvalue weighted by Gasteiger charge is 2.22. The van der Waals surface area contributed by atoms with Crippen molar-refractivity contribution in [1.29, 1.82) is 0 Å². The summed E-state index contributed by atoms with van der Waals surface area (Å²) in [6.45, 7) is 7.12. The van der Waals surface area contributed by atoms with Gasteiger partial charge in [-0.25, -0.2) is 0 Å². The summed E-state index contributed by atoms with van der Waals surface area (Å²) in [6, 6.07) is 4.22. The number of hydrogen-bond acceptors (Lipinski definition) is 0. The third kappa shape index (κ3) is 3.64. The first-order valence-corrected chi connectivity index (χ1v) is 9.34. The second-order valence-electron chi connectivity index (χ2n) is 4.78. The summed E-state index contributed by atoms with van der Waals surface area (Å²) in [7, 11) is -1.02. The molecule has 0 saturated carbocycles. The van der Waals surface area contributed by atoms with Crippen LogP contribution in [0.3, 0.4) is 0 Å². The number of rotatable bonds is 5. The molecule has 1 aliphatic carbocycles. The molecule has 0 amide bonds. The van der Waals surface area contributed by atoms with Crippen LogP contribution in [0.1, 0.15) is 46.5 Å². The summed E-state index contributed by atoms with van der Waals surface area (Å²) in [4.78, 5) is 0. The zero-order valence-corrected chi connectivity index (χ0v) is 11.7. The Kier molecular flexibility index (Phi) is 5.38. The quantitative estimate of drug-likeness (QED) is 0.568. The first-order chi connectivity index (χ1) is 7.26. The Bertz CT molecular complexity index is 225. The molecule has 0 heterocycles. The van der Waals surface area contributed by atoms with Gasteiger partial charge in [-0.05, 0) is 25.7 Å². The van der Waals surface area contributed by atoms with Crippen molar-refractivity contribution in [2.45, 2.75) is 64.6 Å². The van der Waals surface area contributed by atoms with Crippen LogP contribution in [0.15, 0.2) is 23.4 Å². The van der Waals surface area contributed by atoms with Crippen molar-refractivity contribution in [2.24, 2.45) is 0 Å². The predicted octanol–water partition coefficient (Wildman–Crippen LogP) is 5.09. The summed E-state index contributed by atoms with van der Waals surface area (Å²) in [5, 5.41) is 0. The van der Waals surface area contributed by atoms with Gasteiger partial charge >= 0.3 is 0 Å². The fraction of sp³-hybridized carbons (Fsp3) is 0.714. The lowest BCUT2D eigenvalue weighted by atomic mass is 10.00. The molecular weight excluding hydrogens is 196 g/mol. The van der Waals surface area contributed by atoms with E-state index in [0.717, 1.165) is 0 Å². The number of allylic oxidation sites excluding steroid dienone is 3. The zero-order chi connectivity index (χ0) is 11.1. The summed E-state index contributed by atoms with van der Waals surface area (Å²) < 4.78 is 0. The van der Waals surface area contributed by atoms with Crippen molar-refractivity contribution in [3.8, 4) is 0 Å². The number of hydrogen-bond donors (Lipinski definition) is 0. The normalized spacial score (nSPS) is 18.2. The Morgan fingerprint density at radius 1 is 1.13 bits per heavy atom. The van der Waals surface area contributed by atoms with Crippen LogP contribution in [0.2, 0.25) is 18.1 Å². The Balaban J connectivity index is 2.64. The van der Waals surface area contributed by atoms with E-state index in [0.29, 0.717) is 0 Å². The van der Waals surface area contributed by atoms with Gasteiger partial charge in [-0.1, -0.05) is 62.3 Å². The molecular formula is C14H26Si. The minimum absolute atomic E-state index is 1.02. The van der Waals surface area contributed by atoms with Crippen molar-refractivity contribution >= 4 is 8.07 Å². The molecule has 1 heteroatoms. The lowest BCUT2D eigenvalue weighted by Gasteiger charge is -2.24. The average Bonchev–Trinajstić information content (AvgIpc) is 2.33. The first-order valence-electron chi connectivity index (χ1n) is 6.64. The minimum atomic E-state index is -1.02.